The Morgan fingerprint density at radius 1 is 1.24 bits per heavy atom. The third kappa shape index (κ3) is 2.59. The molecular weight excluding hydrogens is 266 g/mol. The Morgan fingerprint density at radius 2 is 1.95 bits per heavy atom. The second kappa shape index (κ2) is 5.52. The lowest BCUT2D eigenvalue weighted by molar-refractivity contribution is -0.142. The van der Waals surface area contributed by atoms with Crippen molar-refractivity contribution in [3.05, 3.63) is 48.3 Å². The number of nitrogens with zero attached hydrogens (tertiary/aromatic N) is 3. The Bertz CT molecular complexity index is 676. The minimum absolute atomic E-state index is 0.123. The van der Waals surface area contributed by atoms with E-state index in [0.29, 0.717) is 18.7 Å². The van der Waals surface area contributed by atoms with E-state index in [1.54, 1.807) is 4.68 Å². The molecule has 21 heavy (non-hydrogen) atoms. The van der Waals surface area contributed by atoms with Gasteiger partial charge in [-0.3, -0.25) is 9.48 Å². The summed E-state index contributed by atoms with van der Waals surface area (Å²) in [5.41, 5.74) is 0.942. The molecule has 0 bridgehead atoms. The summed E-state index contributed by atoms with van der Waals surface area (Å²) in [5, 5.41) is 13.8. The quantitative estimate of drug-likeness (QED) is 0.879. The van der Waals surface area contributed by atoms with Gasteiger partial charge < -0.3 is 5.11 Å². The Kier molecular flexibility index (Phi) is 3.56. The van der Waals surface area contributed by atoms with Crippen LogP contribution in [0.15, 0.2) is 42.5 Å². The van der Waals surface area contributed by atoms with E-state index in [4.69, 9.17) is 0 Å². The van der Waals surface area contributed by atoms with Gasteiger partial charge >= 0.3 is 5.97 Å². The number of aliphatic carboxylic acids is 1. The van der Waals surface area contributed by atoms with Crippen LogP contribution in [-0.2, 0) is 11.8 Å². The lowest BCUT2D eigenvalue weighted by Crippen LogP contribution is -2.25. The highest BCUT2D eigenvalue weighted by molar-refractivity contribution is 5.71. The average Bonchev–Trinajstić information content (AvgIpc) is 2.90. The molecule has 1 aromatic carbocycles. The second-order valence-corrected chi connectivity index (χ2v) is 5.28. The predicted molar refractivity (Wildman–Crippen MR) is 78.7 cm³/mol. The van der Waals surface area contributed by atoms with Crippen molar-refractivity contribution in [2.24, 2.45) is 13.0 Å². The Balaban J connectivity index is 1.97. The molecule has 0 radical (unpaired) electrons. The molecule has 5 nitrogen and oxygen atoms in total. The van der Waals surface area contributed by atoms with Crippen LogP contribution in [0.5, 0.6) is 0 Å². The zero-order valence-electron chi connectivity index (χ0n) is 11.8. The number of carboxylic acid groups (broad SMARTS) is 1. The van der Waals surface area contributed by atoms with Gasteiger partial charge in [0.2, 0.25) is 0 Å². The van der Waals surface area contributed by atoms with Gasteiger partial charge in [-0.1, -0.05) is 42.5 Å². The third-order valence-corrected chi connectivity index (χ3v) is 3.91. The molecule has 2 aromatic rings. The van der Waals surface area contributed by atoms with Gasteiger partial charge in [0.05, 0.1) is 5.92 Å². The normalized spacial score (nSPS) is 21.4. The summed E-state index contributed by atoms with van der Waals surface area (Å²) in [6.45, 7) is 0. The van der Waals surface area contributed by atoms with E-state index in [-0.39, 0.29) is 5.92 Å². The largest absolute Gasteiger partial charge is 0.481 e. The summed E-state index contributed by atoms with van der Waals surface area (Å²) in [5.74, 6) is 0.0648. The maximum Gasteiger partial charge on any atom is 0.307 e. The van der Waals surface area contributed by atoms with E-state index in [0.717, 1.165) is 11.4 Å². The van der Waals surface area contributed by atoms with Crippen LogP contribution < -0.4 is 0 Å². The molecule has 0 saturated heterocycles. The number of allylic oxidation sites excluding steroid dienone is 2. The first kappa shape index (κ1) is 13.5. The molecule has 0 aliphatic heterocycles. The van der Waals surface area contributed by atoms with Crippen LogP contribution in [0.2, 0.25) is 0 Å². The van der Waals surface area contributed by atoms with Crippen molar-refractivity contribution in [3.63, 3.8) is 0 Å². The monoisotopic (exact) mass is 283 g/mol. The number of aromatic nitrogens is 3. The highest BCUT2D eigenvalue weighted by Crippen LogP contribution is 2.34. The van der Waals surface area contributed by atoms with Gasteiger partial charge in [0.15, 0.2) is 5.82 Å². The molecule has 5 heteroatoms. The van der Waals surface area contributed by atoms with E-state index in [9.17, 15) is 9.90 Å². The number of carbonyl (C=O) groups is 1. The number of hydrogen-bond donors (Lipinski definition) is 1. The van der Waals surface area contributed by atoms with E-state index in [1.165, 1.54) is 0 Å². The predicted octanol–water partition coefficient (Wildman–Crippen LogP) is 2.62. The van der Waals surface area contributed by atoms with Crippen LogP contribution in [0.4, 0.5) is 0 Å². The van der Waals surface area contributed by atoms with Gasteiger partial charge in [0, 0.05) is 18.5 Å². The number of carboxylic acids is 1. The van der Waals surface area contributed by atoms with E-state index >= 15 is 0 Å². The summed E-state index contributed by atoms with van der Waals surface area (Å²) in [4.78, 5) is 16.0. The molecule has 0 amide bonds. The Hall–Kier alpha value is -2.43. The fourth-order valence-electron chi connectivity index (χ4n) is 2.80. The second-order valence-electron chi connectivity index (χ2n) is 5.28. The molecule has 2 atom stereocenters. The van der Waals surface area contributed by atoms with Gasteiger partial charge in [-0.2, -0.15) is 5.10 Å². The fourth-order valence-corrected chi connectivity index (χ4v) is 2.80. The van der Waals surface area contributed by atoms with Gasteiger partial charge in [-0.25, -0.2) is 4.98 Å². The van der Waals surface area contributed by atoms with Gasteiger partial charge in [-0.05, 0) is 12.8 Å². The van der Waals surface area contributed by atoms with Crippen molar-refractivity contribution in [3.8, 4) is 11.4 Å². The minimum atomic E-state index is -0.770. The summed E-state index contributed by atoms with van der Waals surface area (Å²) in [7, 11) is 1.83. The SMILES string of the molecule is Cn1nc(-c2ccccc2)nc1[C@@H]1CC=CC[C@@H]1C(=O)O. The topological polar surface area (TPSA) is 68.0 Å². The van der Waals surface area contributed by atoms with Crippen LogP contribution in [0.25, 0.3) is 11.4 Å². The summed E-state index contributed by atoms with van der Waals surface area (Å²) < 4.78 is 1.71. The number of hydrogen-bond acceptors (Lipinski definition) is 3. The number of rotatable bonds is 3. The number of benzene rings is 1. The van der Waals surface area contributed by atoms with E-state index < -0.39 is 11.9 Å². The first-order valence-corrected chi connectivity index (χ1v) is 7.01. The maximum atomic E-state index is 11.4. The lowest BCUT2D eigenvalue weighted by Gasteiger charge is -2.23. The minimum Gasteiger partial charge on any atom is -0.481 e. The van der Waals surface area contributed by atoms with Crippen molar-refractivity contribution < 1.29 is 9.90 Å². The average molecular weight is 283 g/mol. The van der Waals surface area contributed by atoms with Gasteiger partial charge in [-0.15, -0.1) is 0 Å². The molecule has 0 saturated carbocycles. The number of aryl methyl sites for hydroxylation is 1. The molecule has 0 fully saturated rings. The molecular formula is C16H17N3O2. The smallest absolute Gasteiger partial charge is 0.307 e. The summed E-state index contributed by atoms with van der Waals surface area (Å²) in [6.07, 6.45) is 5.20. The molecule has 0 unspecified atom stereocenters. The van der Waals surface area contributed by atoms with Crippen molar-refractivity contribution in [1.82, 2.24) is 14.8 Å². The molecule has 0 spiro atoms. The van der Waals surface area contributed by atoms with E-state index in [2.05, 4.69) is 10.1 Å². The van der Waals surface area contributed by atoms with Crippen molar-refractivity contribution in [2.45, 2.75) is 18.8 Å². The highest BCUT2D eigenvalue weighted by Gasteiger charge is 2.33. The third-order valence-electron chi connectivity index (χ3n) is 3.91. The van der Waals surface area contributed by atoms with Crippen molar-refractivity contribution >= 4 is 5.97 Å². The van der Waals surface area contributed by atoms with Crippen molar-refractivity contribution in [1.29, 1.82) is 0 Å². The van der Waals surface area contributed by atoms with Crippen LogP contribution in [0.1, 0.15) is 24.6 Å². The Morgan fingerprint density at radius 3 is 2.67 bits per heavy atom. The lowest BCUT2D eigenvalue weighted by atomic mass is 9.82. The first-order chi connectivity index (χ1) is 10.2. The summed E-state index contributed by atoms with van der Waals surface area (Å²) in [6, 6.07) is 9.73. The van der Waals surface area contributed by atoms with Crippen LogP contribution in [0, 0.1) is 5.92 Å². The molecule has 1 aliphatic rings. The van der Waals surface area contributed by atoms with Crippen LogP contribution >= 0.6 is 0 Å². The van der Waals surface area contributed by atoms with E-state index in [1.807, 2.05) is 49.5 Å². The van der Waals surface area contributed by atoms with Gasteiger partial charge in [0.25, 0.3) is 0 Å². The zero-order chi connectivity index (χ0) is 14.8. The fraction of sp³-hybridized carbons (Fsp3) is 0.312. The molecule has 1 aromatic heterocycles. The maximum absolute atomic E-state index is 11.4. The van der Waals surface area contributed by atoms with Crippen LogP contribution in [0.3, 0.4) is 0 Å². The Labute approximate surface area is 122 Å². The highest BCUT2D eigenvalue weighted by atomic mass is 16.4. The summed E-state index contributed by atoms with van der Waals surface area (Å²) >= 11 is 0. The zero-order valence-corrected chi connectivity index (χ0v) is 11.8. The molecule has 3 rings (SSSR count). The van der Waals surface area contributed by atoms with Gasteiger partial charge in [0.1, 0.15) is 5.82 Å². The molecule has 1 N–H and O–H groups in total. The van der Waals surface area contributed by atoms with Crippen LogP contribution in [-0.4, -0.2) is 25.8 Å². The standard InChI is InChI=1S/C16H17N3O2/c1-19-15(12-9-5-6-10-13(12)16(20)21)17-14(18-19)11-7-3-2-4-8-11/h2-8,12-13H,9-10H2,1H3,(H,20,21)/t12-,13+/m1/s1. The molecule has 108 valence electrons. The molecule has 1 aliphatic carbocycles. The first-order valence-electron chi connectivity index (χ1n) is 7.01. The molecule has 1 heterocycles. The van der Waals surface area contributed by atoms with Crippen molar-refractivity contribution in [2.75, 3.05) is 0 Å².